The molecule has 0 aliphatic rings. The van der Waals surface area contributed by atoms with E-state index >= 15 is 0 Å². The highest BCUT2D eigenvalue weighted by Crippen LogP contribution is 2.15. The number of halogens is 1. The van der Waals surface area contributed by atoms with Crippen LogP contribution >= 0.6 is 11.6 Å². The molecule has 0 radical (unpaired) electrons. The van der Waals surface area contributed by atoms with Gasteiger partial charge in [0, 0.05) is 18.7 Å². The Balaban J connectivity index is 2.28. The van der Waals surface area contributed by atoms with E-state index in [0.717, 1.165) is 0 Å². The van der Waals surface area contributed by atoms with Crippen LogP contribution in [0.1, 0.15) is 12.8 Å². The van der Waals surface area contributed by atoms with Gasteiger partial charge in [0.1, 0.15) is 5.75 Å². The van der Waals surface area contributed by atoms with E-state index in [0.29, 0.717) is 23.8 Å². The van der Waals surface area contributed by atoms with Crippen LogP contribution in [0.4, 0.5) is 0 Å². The summed E-state index contributed by atoms with van der Waals surface area (Å²) in [6, 6.07) is 1.63. The summed E-state index contributed by atoms with van der Waals surface area (Å²) in [6.07, 6.45) is 3.62. The van der Waals surface area contributed by atoms with Crippen LogP contribution < -0.4 is 4.74 Å². The van der Waals surface area contributed by atoms with Gasteiger partial charge in [0.2, 0.25) is 0 Å². The maximum atomic E-state index is 10.2. The van der Waals surface area contributed by atoms with E-state index < -0.39 is 5.97 Å². The van der Waals surface area contributed by atoms with Crippen LogP contribution in [-0.2, 0) is 4.79 Å². The van der Waals surface area contributed by atoms with E-state index in [1.807, 2.05) is 0 Å². The van der Waals surface area contributed by atoms with Crippen molar-refractivity contribution >= 4 is 17.6 Å². The van der Waals surface area contributed by atoms with E-state index in [4.69, 9.17) is 21.4 Å². The summed E-state index contributed by atoms with van der Waals surface area (Å²) in [5.74, 6) is -0.263. The molecule has 4 nitrogen and oxygen atoms in total. The monoisotopic (exact) mass is 215 g/mol. The summed E-state index contributed by atoms with van der Waals surface area (Å²) in [7, 11) is 0. The van der Waals surface area contributed by atoms with Gasteiger partial charge < -0.3 is 9.84 Å². The highest BCUT2D eigenvalue weighted by Gasteiger charge is 1.98. The second-order valence-corrected chi connectivity index (χ2v) is 3.12. The summed E-state index contributed by atoms with van der Waals surface area (Å²) >= 11 is 5.67. The number of carboxylic acid groups (broad SMARTS) is 1. The third-order valence-corrected chi connectivity index (χ3v) is 1.69. The van der Waals surface area contributed by atoms with Crippen molar-refractivity contribution in [1.29, 1.82) is 0 Å². The summed E-state index contributed by atoms with van der Waals surface area (Å²) in [6.45, 7) is 0.355. The Morgan fingerprint density at radius 2 is 2.36 bits per heavy atom. The Hall–Kier alpha value is -1.29. The number of pyridine rings is 1. The Morgan fingerprint density at radius 3 is 3.00 bits per heavy atom. The largest absolute Gasteiger partial charge is 0.492 e. The molecule has 1 heterocycles. The van der Waals surface area contributed by atoms with E-state index in [1.54, 1.807) is 6.07 Å². The molecular weight excluding hydrogens is 206 g/mol. The maximum absolute atomic E-state index is 10.2. The predicted molar refractivity (Wildman–Crippen MR) is 51.6 cm³/mol. The molecule has 0 unspecified atom stereocenters. The predicted octanol–water partition coefficient (Wildman–Crippen LogP) is 1.98. The average molecular weight is 216 g/mol. The molecule has 0 spiro atoms. The zero-order chi connectivity index (χ0) is 10.4. The fourth-order valence-corrected chi connectivity index (χ4v) is 1.05. The maximum Gasteiger partial charge on any atom is 0.303 e. The number of ether oxygens (including phenoxy) is 1. The molecule has 0 aliphatic carbocycles. The van der Waals surface area contributed by atoms with Gasteiger partial charge in [-0.05, 0) is 6.42 Å². The van der Waals surface area contributed by atoms with Crippen LogP contribution in [-0.4, -0.2) is 22.7 Å². The Morgan fingerprint density at radius 1 is 1.57 bits per heavy atom. The molecule has 0 amide bonds. The van der Waals surface area contributed by atoms with Gasteiger partial charge in [0.15, 0.2) is 0 Å². The first kappa shape index (κ1) is 10.8. The smallest absolute Gasteiger partial charge is 0.303 e. The molecule has 1 aromatic heterocycles. The molecular formula is C9H10ClNO3. The Bertz CT molecular complexity index is 317. The first-order valence-corrected chi connectivity index (χ1v) is 4.51. The fraction of sp³-hybridized carbons (Fsp3) is 0.333. The van der Waals surface area contributed by atoms with Crippen molar-refractivity contribution in [3.8, 4) is 5.75 Å². The molecule has 14 heavy (non-hydrogen) atoms. The van der Waals surface area contributed by atoms with Gasteiger partial charge in [-0.3, -0.25) is 9.78 Å². The van der Waals surface area contributed by atoms with Crippen molar-refractivity contribution in [2.24, 2.45) is 0 Å². The molecule has 0 saturated heterocycles. The van der Waals surface area contributed by atoms with Gasteiger partial charge in [-0.15, -0.1) is 0 Å². The second-order valence-electron chi connectivity index (χ2n) is 2.68. The summed E-state index contributed by atoms with van der Waals surface area (Å²) in [4.78, 5) is 14.0. The normalized spacial score (nSPS) is 9.79. The molecule has 1 N–H and O–H groups in total. The number of hydrogen-bond donors (Lipinski definition) is 1. The first-order valence-electron chi connectivity index (χ1n) is 4.13. The molecule has 0 fully saturated rings. The highest BCUT2D eigenvalue weighted by atomic mass is 35.5. The number of carbonyl (C=O) groups is 1. The molecule has 0 atom stereocenters. The lowest BCUT2D eigenvalue weighted by Crippen LogP contribution is -2.02. The molecule has 5 heteroatoms. The molecule has 0 saturated carbocycles. The lowest BCUT2D eigenvalue weighted by atomic mass is 10.3. The lowest BCUT2D eigenvalue weighted by molar-refractivity contribution is -0.137. The standard InChI is InChI=1S/C9H10ClNO3/c10-7-4-8(6-11-5-7)14-3-1-2-9(12)13/h4-6H,1-3H2,(H,12,13). The summed E-state index contributed by atoms with van der Waals surface area (Å²) < 4.78 is 5.23. The number of aliphatic carboxylic acids is 1. The molecule has 0 aliphatic heterocycles. The molecule has 0 bridgehead atoms. The van der Waals surface area contributed by atoms with Crippen LogP contribution in [0.15, 0.2) is 18.5 Å². The van der Waals surface area contributed by atoms with Gasteiger partial charge in [-0.1, -0.05) is 11.6 Å². The zero-order valence-electron chi connectivity index (χ0n) is 7.44. The van der Waals surface area contributed by atoms with Crippen LogP contribution in [0.3, 0.4) is 0 Å². The SMILES string of the molecule is O=C(O)CCCOc1cncc(Cl)c1. The van der Waals surface area contributed by atoms with Gasteiger partial charge in [0.25, 0.3) is 0 Å². The first-order chi connectivity index (χ1) is 6.68. The van der Waals surface area contributed by atoms with Gasteiger partial charge in [0.05, 0.1) is 17.8 Å². The summed E-state index contributed by atoms with van der Waals surface area (Å²) in [5.41, 5.74) is 0. The molecule has 1 aromatic rings. The topological polar surface area (TPSA) is 59.4 Å². The van der Waals surface area contributed by atoms with Gasteiger partial charge >= 0.3 is 5.97 Å². The Kier molecular flexibility index (Phi) is 4.19. The number of nitrogens with zero attached hydrogens (tertiary/aromatic N) is 1. The minimum Gasteiger partial charge on any atom is -0.492 e. The lowest BCUT2D eigenvalue weighted by Gasteiger charge is -2.03. The second kappa shape index (κ2) is 5.44. The van der Waals surface area contributed by atoms with Crippen molar-refractivity contribution in [2.75, 3.05) is 6.61 Å². The minimum atomic E-state index is -0.821. The van der Waals surface area contributed by atoms with Crippen molar-refractivity contribution in [3.63, 3.8) is 0 Å². The van der Waals surface area contributed by atoms with Crippen molar-refractivity contribution < 1.29 is 14.6 Å². The Labute approximate surface area is 86.5 Å². The van der Waals surface area contributed by atoms with E-state index in [2.05, 4.69) is 4.98 Å². The van der Waals surface area contributed by atoms with Gasteiger partial charge in [-0.25, -0.2) is 0 Å². The quantitative estimate of drug-likeness (QED) is 0.763. The third-order valence-electron chi connectivity index (χ3n) is 1.48. The van der Waals surface area contributed by atoms with Crippen molar-refractivity contribution in [3.05, 3.63) is 23.5 Å². The van der Waals surface area contributed by atoms with E-state index in [9.17, 15) is 4.79 Å². The summed E-state index contributed by atoms with van der Waals surface area (Å²) in [5, 5.41) is 8.87. The van der Waals surface area contributed by atoms with Crippen LogP contribution in [0.5, 0.6) is 5.75 Å². The highest BCUT2D eigenvalue weighted by molar-refractivity contribution is 6.30. The van der Waals surface area contributed by atoms with Crippen LogP contribution in [0, 0.1) is 0 Å². The third kappa shape index (κ3) is 4.09. The molecule has 1 rings (SSSR count). The van der Waals surface area contributed by atoms with Crippen molar-refractivity contribution in [2.45, 2.75) is 12.8 Å². The van der Waals surface area contributed by atoms with Crippen molar-refractivity contribution in [1.82, 2.24) is 4.98 Å². The number of carboxylic acids is 1. The minimum absolute atomic E-state index is 0.105. The number of aromatic nitrogens is 1. The zero-order valence-corrected chi connectivity index (χ0v) is 8.20. The fourth-order valence-electron chi connectivity index (χ4n) is 0.885. The van der Waals surface area contributed by atoms with Gasteiger partial charge in [-0.2, -0.15) is 0 Å². The molecule has 76 valence electrons. The van der Waals surface area contributed by atoms with Crippen LogP contribution in [0.2, 0.25) is 5.02 Å². The van der Waals surface area contributed by atoms with E-state index in [1.165, 1.54) is 12.4 Å². The average Bonchev–Trinajstić information content (AvgIpc) is 2.12. The number of hydrogen-bond acceptors (Lipinski definition) is 3. The number of rotatable bonds is 5. The van der Waals surface area contributed by atoms with E-state index in [-0.39, 0.29) is 6.42 Å². The van der Waals surface area contributed by atoms with Crippen LogP contribution in [0.25, 0.3) is 0 Å². The molecule has 0 aromatic carbocycles.